The van der Waals surface area contributed by atoms with E-state index < -0.39 is 18.1 Å². The van der Waals surface area contributed by atoms with Gasteiger partial charge in [-0.3, -0.25) is 4.79 Å². The number of rotatable bonds is 6. The zero-order valence-corrected chi connectivity index (χ0v) is 19.5. The molecule has 0 radical (unpaired) electrons. The van der Waals surface area contributed by atoms with Crippen LogP contribution in [-0.4, -0.2) is 46.0 Å². The Kier molecular flexibility index (Phi) is 8.30. The highest BCUT2D eigenvalue weighted by atomic mass is 19.4. The quantitative estimate of drug-likeness (QED) is 0.242. The number of aromatic amines is 1. The number of carbonyl (C=O) groups excluding carboxylic acids is 1. The molecule has 8 nitrogen and oxygen atoms in total. The van der Waals surface area contributed by atoms with Crippen molar-refractivity contribution in [2.45, 2.75) is 12.7 Å². The monoisotopic (exact) mass is 512 g/mol. The van der Waals surface area contributed by atoms with Crippen molar-refractivity contribution in [3.05, 3.63) is 95.1 Å². The molecule has 0 atom stereocenters. The van der Waals surface area contributed by atoms with Gasteiger partial charge in [0.2, 0.25) is 5.91 Å². The molecule has 0 aliphatic rings. The summed E-state index contributed by atoms with van der Waals surface area (Å²) in [4.78, 5) is 28.3. The fourth-order valence-corrected chi connectivity index (χ4v) is 3.51. The van der Waals surface area contributed by atoms with Gasteiger partial charge >= 0.3 is 12.1 Å². The second-order valence-corrected chi connectivity index (χ2v) is 7.80. The molecule has 0 bridgehead atoms. The van der Waals surface area contributed by atoms with E-state index in [1.165, 1.54) is 0 Å². The highest BCUT2D eigenvalue weighted by Crippen LogP contribution is 2.32. The molecule has 4 aromatic rings. The van der Waals surface area contributed by atoms with Crippen molar-refractivity contribution < 1.29 is 33.0 Å². The number of halogens is 3. The van der Waals surface area contributed by atoms with Crippen LogP contribution >= 0.6 is 0 Å². The molecule has 0 saturated carbocycles. The van der Waals surface area contributed by atoms with Gasteiger partial charge in [0.05, 0.1) is 17.0 Å². The summed E-state index contributed by atoms with van der Waals surface area (Å²) in [5.41, 5.74) is 10.4. The average molecular weight is 512 g/mol. The molecule has 1 heterocycles. The number of carbonyl (C=O) groups is 2. The largest absolute Gasteiger partial charge is 0.494 e. The molecule has 0 aliphatic heterocycles. The number of hydrogen-bond donors (Lipinski definition) is 5. The maximum Gasteiger partial charge on any atom is 0.490 e. The molecule has 0 saturated heterocycles. The fourth-order valence-electron chi connectivity index (χ4n) is 3.51. The molecule has 0 spiro atoms. The summed E-state index contributed by atoms with van der Waals surface area (Å²) in [6.07, 6.45) is -5.08. The van der Waals surface area contributed by atoms with Crippen molar-refractivity contribution in [2.24, 2.45) is 10.7 Å². The molecule has 4 rings (SSSR count). The first kappa shape index (κ1) is 27.0. The molecule has 0 unspecified atom stereocenters. The third kappa shape index (κ3) is 6.73. The van der Waals surface area contributed by atoms with Crippen LogP contribution in [0.5, 0.6) is 5.88 Å². The van der Waals surface area contributed by atoms with Gasteiger partial charge in [-0.25, -0.2) is 9.79 Å². The number of aliphatic imine (C=N–C) groups is 1. The van der Waals surface area contributed by atoms with Crippen LogP contribution in [0.25, 0.3) is 10.9 Å². The summed E-state index contributed by atoms with van der Waals surface area (Å²) in [6, 6.07) is 22.7. The normalized spacial score (nSPS) is 11.6. The van der Waals surface area contributed by atoms with Crippen molar-refractivity contribution in [3.8, 4) is 5.88 Å². The number of primary amides is 1. The number of nitrogens with one attached hydrogen (secondary N) is 2. The number of hydrogen-bond acceptors (Lipinski definition) is 5. The second-order valence-electron chi connectivity index (χ2n) is 7.80. The molecule has 11 heteroatoms. The number of carboxylic acid groups (broad SMARTS) is 1. The van der Waals surface area contributed by atoms with Gasteiger partial charge in [0.15, 0.2) is 5.88 Å². The number of nitrogens with two attached hydrogens (primary N) is 1. The lowest BCUT2D eigenvalue weighted by Gasteiger charge is -2.09. The molecule has 6 N–H and O–H groups in total. The Morgan fingerprint density at radius 2 is 1.68 bits per heavy atom. The topological polar surface area (TPSA) is 141 Å². The van der Waals surface area contributed by atoms with Crippen molar-refractivity contribution >= 4 is 34.2 Å². The summed E-state index contributed by atoms with van der Waals surface area (Å²) in [7, 11) is 1.90. The standard InChI is InChI=1S/C24H22N4O2.C2HF3O2/c1-26-14-15-6-5-9-18(12-15)27-22(16-7-3-2-4-8-16)21-19-11-10-17(23(25)29)13-20(19)28-24(21)30;3-2(4,5)1(6)7/h2-13,26,28,30H,14H2,1H3,(H2,25,29);(H,6,7). The minimum Gasteiger partial charge on any atom is -0.494 e. The first-order valence-electron chi connectivity index (χ1n) is 10.8. The van der Waals surface area contributed by atoms with Gasteiger partial charge in [-0.2, -0.15) is 13.2 Å². The van der Waals surface area contributed by atoms with E-state index in [9.17, 15) is 23.1 Å². The van der Waals surface area contributed by atoms with Gasteiger partial charge in [-0.05, 0) is 36.9 Å². The molecule has 37 heavy (non-hydrogen) atoms. The first-order valence-corrected chi connectivity index (χ1v) is 10.8. The van der Waals surface area contributed by atoms with E-state index in [2.05, 4.69) is 10.3 Å². The van der Waals surface area contributed by atoms with Crippen LogP contribution in [0.1, 0.15) is 27.0 Å². The molecule has 0 fully saturated rings. The Labute approximate surface area is 209 Å². The third-order valence-electron chi connectivity index (χ3n) is 5.12. The second kappa shape index (κ2) is 11.4. The Hall–Kier alpha value is -4.64. The Balaban J connectivity index is 0.000000479. The highest BCUT2D eigenvalue weighted by Gasteiger charge is 2.38. The minimum absolute atomic E-state index is 0.0133. The van der Waals surface area contributed by atoms with E-state index in [1.54, 1.807) is 18.2 Å². The van der Waals surface area contributed by atoms with Crippen LogP contribution < -0.4 is 11.1 Å². The van der Waals surface area contributed by atoms with Crippen LogP contribution in [0, 0.1) is 0 Å². The molecular formula is C26H23F3N4O4. The zero-order chi connectivity index (χ0) is 27.2. The van der Waals surface area contributed by atoms with E-state index in [0.717, 1.165) is 28.7 Å². The zero-order valence-electron chi connectivity index (χ0n) is 19.5. The number of aromatic nitrogens is 1. The van der Waals surface area contributed by atoms with Crippen LogP contribution in [-0.2, 0) is 11.3 Å². The molecule has 1 aromatic heterocycles. The van der Waals surface area contributed by atoms with Gasteiger partial charge in [-0.15, -0.1) is 0 Å². The van der Waals surface area contributed by atoms with Gasteiger partial charge in [0.1, 0.15) is 0 Å². The van der Waals surface area contributed by atoms with E-state index in [1.807, 2.05) is 61.6 Å². The lowest BCUT2D eigenvalue weighted by molar-refractivity contribution is -0.192. The van der Waals surface area contributed by atoms with Crippen LogP contribution in [0.3, 0.4) is 0 Å². The number of alkyl halides is 3. The van der Waals surface area contributed by atoms with Gasteiger partial charge < -0.3 is 26.2 Å². The summed E-state index contributed by atoms with van der Waals surface area (Å²) in [5.74, 6) is -3.29. The van der Waals surface area contributed by atoms with Gasteiger partial charge in [-0.1, -0.05) is 48.5 Å². The summed E-state index contributed by atoms with van der Waals surface area (Å²) >= 11 is 0. The number of aromatic hydroxyl groups is 1. The minimum atomic E-state index is -5.08. The number of H-pyrrole nitrogens is 1. The molecule has 3 aromatic carbocycles. The molecule has 192 valence electrons. The maximum absolute atomic E-state index is 11.5. The van der Waals surface area contributed by atoms with Crippen LogP contribution in [0.15, 0.2) is 77.8 Å². The lowest BCUT2D eigenvalue weighted by Crippen LogP contribution is -2.21. The van der Waals surface area contributed by atoms with Gasteiger partial charge in [0.25, 0.3) is 0 Å². The molecule has 1 amide bonds. The Morgan fingerprint density at radius 1 is 1.00 bits per heavy atom. The van der Waals surface area contributed by atoms with Crippen molar-refractivity contribution in [3.63, 3.8) is 0 Å². The van der Waals surface area contributed by atoms with E-state index in [-0.39, 0.29) is 5.88 Å². The van der Waals surface area contributed by atoms with Crippen molar-refractivity contribution in [1.82, 2.24) is 10.3 Å². The predicted molar refractivity (Wildman–Crippen MR) is 133 cm³/mol. The number of benzene rings is 3. The number of amides is 1. The SMILES string of the molecule is CNCc1cccc(N=C(c2ccccc2)c2c(O)[nH]c3cc(C(N)=O)ccc23)c1.O=C(O)C(F)(F)F. The fraction of sp³-hybridized carbons (Fsp3) is 0.115. The first-order chi connectivity index (χ1) is 17.5. The third-order valence-corrected chi connectivity index (χ3v) is 5.12. The molecular weight excluding hydrogens is 489 g/mol. The summed E-state index contributed by atoms with van der Waals surface area (Å²) < 4.78 is 31.7. The smallest absolute Gasteiger partial charge is 0.490 e. The molecule has 0 aliphatic carbocycles. The van der Waals surface area contributed by atoms with Crippen molar-refractivity contribution in [1.29, 1.82) is 0 Å². The lowest BCUT2D eigenvalue weighted by atomic mass is 10.00. The summed E-state index contributed by atoms with van der Waals surface area (Å²) in [5, 5.41) is 21.8. The van der Waals surface area contributed by atoms with E-state index in [4.69, 9.17) is 20.6 Å². The number of aliphatic carboxylic acids is 1. The number of carboxylic acids is 1. The Bertz CT molecular complexity index is 1450. The van der Waals surface area contributed by atoms with Gasteiger partial charge in [0, 0.05) is 28.6 Å². The highest BCUT2D eigenvalue weighted by molar-refractivity contribution is 6.22. The predicted octanol–water partition coefficient (Wildman–Crippen LogP) is 4.49. The van der Waals surface area contributed by atoms with Crippen molar-refractivity contribution in [2.75, 3.05) is 7.05 Å². The number of fused-ring (bicyclic) bond motifs is 1. The van der Waals surface area contributed by atoms with E-state index >= 15 is 0 Å². The van der Waals surface area contributed by atoms with Crippen LogP contribution in [0.4, 0.5) is 18.9 Å². The Morgan fingerprint density at radius 3 is 2.27 bits per heavy atom. The average Bonchev–Trinajstić information content (AvgIpc) is 3.18. The maximum atomic E-state index is 11.5. The summed E-state index contributed by atoms with van der Waals surface area (Å²) in [6.45, 7) is 0.734. The van der Waals surface area contributed by atoms with Crippen LogP contribution in [0.2, 0.25) is 0 Å². The number of nitrogens with zero attached hydrogens (tertiary/aromatic N) is 1. The van der Waals surface area contributed by atoms with E-state index in [0.29, 0.717) is 22.4 Å².